The van der Waals surface area contributed by atoms with Crippen molar-refractivity contribution in [3.05, 3.63) is 84.2 Å². The molecule has 0 amide bonds. The highest BCUT2D eigenvalue weighted by Crippen LogP contribution is 2.21. The SMILES string of the molecule is Cc1cccc(S(=O)(=O)Nc2ccc(Nc3ccc(-n4ccc(C)n4)nn3)cc2)c1. The summed E-state index contributed by atoms with van der Waals surface area (Å²) in [7, 11) is -3.64. The van der Waals surface area contributed by atoms with Gasteiger partial charge >= 0.3 is 0 Å². The van der Waals surface area contributed by atoms with Crippen LogP contribution >= 0.6 is 0 Å². The van der Waals surface area contributed by atoms with Gasteiger partial charge in [0.25, 0.3) is 10.0 Å². The van der Waals surface area contributed by atoms with Crippen molar-refractivity contribution in [2.45, 2.75) is 18.7 Å². The normalized spacial score (nSPS) is 11.3. The number of nitrogens with zero attached hydrogens (tertiary/aromatic N) is 4. The molecule has 2 aromatic heterocycles. The third kappa shape index (κ3) is 4.47. The zero-order valence-corrected chi connectivity index (χ0v) is 17.3. The number of rotatable bonds is 6. The fourth-order valence-corrected chi connectivity index (χ4v) is 3.99. The van der Waals surface area contributed by atoms with Gasteiger partial charge in [-0.15, -0.1) is 10.2 Å². The fraction of sp³-hybridized carbons (Fsp3) is 0.0952. The van der Waals surface area contributed by atoms with Crippen LogP contribution in [0.4, 0.5) is 17.2 Å². The summed E-state index contributed by atoms with van der Waals surface area (Å²) in [5.41, 5.74) is 3.01. The topological polar surface area (TPSA) is 102 Å². The zero-order valence-electron chi connectivity index (χ0n) is 16.4. The molecular weight excluding hydrogens is 400 g/mol. The number of anilines is 3. The number of nitrogens with one attached hydrogen (secondary N) is 2. The van der Waals surface area contributed by atoms with Crippen LogP contribution in [0, 0.1) is 13.8 Å². The first-order chi connectivity index (χ1) is 14.4. The van der Waals surface area contributed by atoms with Crippen molar-refractivity contribution in [2.24, 2.45) is 0 Å². The summed E-state index contributed by atoms with van der Waals surface area (Å²) < 4.78 is 29.3. The molecule has 9 heteroatoms. The molecule has 0 unspecified atom stereocenters. The summed E-state index contributed by atoms with van der Waals surface area (Å²) in [6, 6.07) is 19.2. The molecule has 4 rings (SSSR count). The Balaban J connectivity index is 1.43. The Morgan fingerprint density at radius 1 is 0.867 bits per heavy atom. The molecule has 4 aromatic rings. The van der Waals surface area contributed by atoms with E-state index in [4.69, 9.17) is 0 Å². The minimum Gasteiger partial charge on any atom is -0.339 e. The highest BCUT2D eigenvalue weighted by Gasteiger charge is 2.14. The number of aryl methyl sites for hydroxylation is 2. The Labute approximate surface area is 174 Å². The third-order valence-electron chi connectivity index (χ3n) is 4.32. The molecule has 8 nitrogen and oxygen atoms in total. The Kier molecular flexibility index (Phi) is 5.20. The molecule has 2 heterocycles. The molecule has 0 saturated carbocycles. The second-order valence-electron chi connectivity index (χ2n) is 6.80. The minimum atomic E-state index is -3.64. The maximum atomic E-state index is 12.5. The van der Waals surface area contributed by atoms with Crippen molar-refractivity contribution >= 4 is 27.2 Å². The van der Waals surface area contributed by atoms with Crippen molar-refractivity contribution in [2.75, 3.05) is 10.0 Å². The first kappa shape index (κ1) is 19.6. The summed E-state index contributed by atoms with van der Waals surface area (Å²) in [6.07, 6.45) is 1.82. The number of hydrogen-bond donors (Lipinski definition) is 2. The van der Waals surface area contributed by atoms with Gasteiger partial charge < -0.3 is 5.32 Å². The Morgan fingerprint density at radius 3 is 2.27 bits per heavy atom. The van der Waals surface area contributed by atoms with Gasteiger partial charge in [-0.1, -0.05) is 12.1 Å². The van der Waals surface area contributed by atoms with Crippen LogP contribution < -0.4 is 10.0 Å². The first-order valence-corrected chi connectivity index (χ1v) is 10.7. The van der Waals surface area contributed by atoms with Gasteiger partial charge in [-0.05, 0) is 74.0 Å². The molecule has 0 aliphatic carbocycles. The lowest BCUT2D eigenvalue weighted by Gasteiger charge is -2.10. The average molecular weight is 420 g/mol. The minimum absolute atomic E-state index is 0.229. The lowest BCUT2D eigenvalue weighted by Crippen LogP contribution is -2.13. The molecule has 2 N–H and O–H groups in total. The van der Waals surface area contributed by atoms with Crippen molar-refractivity contribution in [1.82, 2.24) is 20.0 Å². The molecule has 0 fully saturated rings. The van der Waals surface area contributed by atoms with E-state index in [0.717, 1.165) is 16.9 Å². The number of hydrogen-bond acceptors (Lipinski definition) is 6. The van der Waals surface area contributed by atoms with Crippen LogP contribution in [0.15, 0.2) is 77.8 Å². The standard InChI is InChI=1S/C21H20N6O2S/c1-15-4-3-5-19(14-15)30(28,29)26-18-8-6-17(7-9-18)22-20-10-11-21(24-23-20)27-13-12-16(2)25-27/h3-14,26H,1-2H3,(H,22,23). The van der Waals surface area contributed by atoms with Crippen molar-refractivity contribution in [3.63, 3.8) is 0 Å². The number of sulfonamides is 1. The van der Waals surface area contributed by atoms with Gasteiger partial charge in [-0.2, -0.15) is 5.10 Å². The van der Waals surface area contributed by atoms with E-state index in [1.807, 2.05) is 38.2 Å². The Bertz CT molecular complexity index is 1270. The summed E-state index contributed by atoms with van der Waals surface area (Å²) in [5.74, 6) is 1.19. The summed E-state index contributed by atoms with van der Waals surface area (Å²) in [4.78, 5) is 0.229. The molecule has 0 saturated heterocycles. The smallest absolute Gasteiger partial charge is 0.261 e. The van der Waals surface area contributed by atoms with E-state index in [9.17, 15) is 8.42 Å². The number of aromatic nitrogens is 4. The van der Waals surface area contributed by atoms with Crippen molar-refractivity contribution < 1.29 is 8.42 Å². The van der Waals surface area contributed by atoms with Crippen LogP contribution in [0.25, 0.3) is 5.82 Å². The second-order valence-corrected chi connectivity index (χ2v) is 8.49. The fourth-order valence-electron chi connectivity index (χ4n) is 2.82. The van der Waals surface area contributed by atoms with Crippen molar-refractivity contribution in [3.8, 4) is 5.82 Å². The van der Waals surface area contributed by atoms with Gasteiger partial charge in [-0.25, -0.2) is 13.1 Å². The van der Waals surface area contributed by atoms with Crippen LogP contribution in [-0.2, 0) is 10.0 Å². The van der Waals surface area contributed by atoms with Gasteiger partial charge in [0, 0.05) is 17.6 Å². The molecule has 0 bridgehead atoms. The summed E-state index contributed by atoms with van der Waals surface area (Å²) in [6.45, 7) is 3.76. The first-order valence-electron chi connectivity index (χ1n) is 9.22. The highest BCUT2D eigenvalue weighted by atomic mass is 32.2. The van der Waals surface area contributed by atoms with E-state index in [1.165, 1.54) is 0 Å². The van der Waals surface area contributed by atoms with Crippen LogP contribution in [0.1, 0.15) is 11.3 Å². The zero-order chi connectivity index (χ0) is 21.1. The lowest BCUT2D eigenvalue weighted by atomic mass is 10.2. The molecule has 152 valence electrons. The van der Waals surface area contributed by atoms with E-state index in [-0.39, 0.29) is 4.90 Å². The molecule has 2 aromatic carbocycles. The molecular formula is C21H20N6O2S. The van der Waals surface area contributed by atoms with Gasteiger partial charge in [0.15, 0.2) is 11.6 Å². The summed E-state index contributed by atoms with van der Waals surface area (Å²) in [5, 5.41) is 15.8. The van der Waals surface area contributed by atoms with E-state index in [2.05, 4.69) is 25.3 Å². The number of benzene rings is 2. The lowest BCUT2D eigenvalue weighted by molar-refractivity contribution is 0.601. The second kappa shape index (κ2) is 7.96. The monoisotopic (exact) mass is 420 g/mol. The molecule has 0 spiro atoms. The van der Waals surface area contributed by atoms with Gasteiger partial charge in [-0.3, -0.25) is 4.72 Å². The molecule has 0 aliphatic rings. The van der Waals surface area contributed by atoms with E-state index in [0.29, 0.717) is 17.3 Å². The molecule has 0 atom stereocenters. The maximum absolute atomic E-state index is 12.5. The van der Waals surface area contributed by atoms with Crippen LogP contribution in [0.3, 0.4) is 0 Å². The van der Waals surface area contributed by atoms with Gasteiger partial charge in [0.2, 0.25) is 0 Å². The highest BCUT2D eigenvalue weighted by molar-refractivity contribution is 7.92. The van der Waals surface area contributed by atoms with E-state index >= 15 is 0 Å². The maximum Gasteiger partial charge on any atom is 0.261 e. The van der Waals surface area contributed by atoms with Crippen LogP contribution in [0.5, 0.6) is 0 Å². The largest absolute Gasteiger partial charge is 0.339 e. The van der Waals surface area contributed by atoms with Gasteiger partial charge in [0.1, 0.15) is 0 Å². The molecule has 0 aliphatic heterocycles. The quantitative estimate of drug-likeness (QED) is 0.492. The van der Waals surface area contributed by atoms with Crippen LogP contribution in [0.2, 0.25) is 0 Å². The molecule has 30 heavy (non-hydrogen) atoms. The Hall–Kier alpha value is -3.72. The van der Waals surface area contributed by atoms with E-state index < -0.39 is 10.0 Å². The molecule has 0 radical (unpaired) electrons. The van der Waals surface area contributed by atoms with Crippen LogP contribution in [-0.4, -0.2) is 28.4 Å². The van der Waals surface area contributed by atoms with E-state index in [1.54, 1.807) is 53.2 Å². The summed E-state index contributed by atoms with van der Waals surface area (Å²) >= 11 is 0. The van der Waals surface area contributed by atoms with Gasteiger partial charge in [0.05, 0.1) is 10.6 Å². The predicted octanol–water partition coefficient (Wildman–Crippen LogP) is 3.82. The predicted molar refractivity (Wildman–Crippen MR) is 116 cm³/mol. The third-order valence-corrected chi connectivity index (χ3v) is 5.70. The Morgan fingerprint density at radius 2 is 1.63 bits per heavy atom. The average Bonchev–Trinajstić information content (AvgIpc) is 3.16. The van der Waals surface area contributed by atoms with Crippen molar-refractivity contribution in [1.29, 1.82) is 0 Å².